The molecule has 3 rings (SSSR count). The van der Waals surface area contributed by atoms with Gasteiger partial charge in [0.1, 0.15) is 0 Å². The summed E-state index contributed by atoms with van der Waals surface area (Å²) in [5.74, 6) is 0. The lowest BCUT2D eigenvalue weighted by molar-refractivity contribution is -0.388. The highest BCUT2D eigenvalue weighted by Crippen LogP contribution is 2.39. The molecule has 0 aliphatic carbocycles. The van der Waals surface area contributed by atoms with Crippen LogP contribution in [0.5, 0.6) is 0 Å². The van der Waals surface area contributed by atoms with E-state index in [0.29, 0.717) is 41.0 Å². The van der Waals surface area contributed by atoms with Crippen LogP contribution in [0.15, 0.2) is 57.2 Å². The first-order valence-electron chi connectivity index (χ1n) is 8.18. The largest absolute Gasteiger partial charge is 0.304 e. The van der Waals surface area contributed by atoms with E-state index in [1.807, 2.05) is 11.9 Å². The molecule has 0 saturated carbocycles. The van der Waals surface area contributed by atoms with E-state index < -0.39 is 14.9 Å². The Morgan fingerprint density at radius 2 is 1.74 bits per heavy atom. The first kappa shape index (κ1) is 20.1. The highest BCUT2D eigenvalue weighted by molar-refractivity contribution is 7.99. The van der Waals surface area contributed by atoms with Crippen molar-refractivity contribution in [2.24, 2.45) is 0 Å². The molecule has 1 aliphatic rings. The summed E-state index contributed by atoms with van der Waals surface area (Å²) in [4.78, 5) is 13.9. The van der Waals surface area contributed by atoms with Crippen LogP contribution in [0, 0.1) is 10.1 Å². The molecule has 7 nitrogen and oxygen atoms in total. The summed E-state index contributed by atoms with van der Waals surface area (Å²) in [5.41, 5.74) is -0.255. The molecule has 0 unspecified atom stereocenters. The zero-order valence-electron chi connectivity index (χ0n) is 14.5. The Bertz CT molecular complexity index is 960. The Labute approximate surface area is 167 Å². The molecule has 1 fully saturated rings. The highest BCUT2D eigenvalue weighted by Gasteiger charge is 2.29. The van der Waals surface area contributed by atoms with E-state index in [1.54, 1.807) is 24.3 Å². The maximum absolute atomic E-state index is 12.8. The molecule has 1 saturated heterocycles. The number of nitrogens with zero attached hydrogens (tertiary/aromatic N) is 3. The van der Waals surface area contributed by atoms with Gasteiger partial charge >= 0.3 is 0 Å². The van der Waals surface area contributed by atoms with E-state index in [4.69, 9.17) is 11.6 Å². The number of sulfonamides is 1. The Hall–Kier alpha value is -1.65. The number of piperazine rings is 1. The van der Waals surface area contributed by atoms with Crippen LogP contribution in [0.1, 0.15) is 0 Å². The van der Waals surface area contributed by atoms with Crippen LogP contribution in [0.3, 0.4) is 0 Å². The number of hydrogen-bond acceptors (Lipinski definition) is 6. The zero-order chi connectivity index (χ0) is 19.6. The van der Waals surface area contributed by atoms with Crippen LogP contribution < -0.4 is 0 Å². The smallest absolute Gasteiger partial charge is 0.284 e. The van der Waals surface area contributed by atoms with Crippen LogP contribution >= 0.6 is 23.4 Å². The lowest BCUT2D eigenvalue weighted by atomic mass is 10.3. The summed E-state index contributed by atoms with van der Waals surface area (Å²) in [7, 11) is -1.85. The molecule has 2 aromatic carbocycles. The second kappa shape index (κ2) is 8.15. The van der Waals surface area contributed by atoms with Gasteiger partial charge in [-0.25, -0.2) is 8.42 Å². The molecule has 27 heavy (non-hydrogen) atoms. The maximum Gasteiger partial charge on any atom is 0.284 e. The van der Waals surface area contributed by atoms with Crippen LogP contribution in [0.2, 0.25) is 5.02 Å². The van der Waals surface area contributed by atoms with Gasteiger partial charge in [0.15, 0.2) is 0 Å². The van der Waals surface area contributed by atoms with Crippen molar-refractivity contribution in [3.8, 4) is 0 Å². The minimum Gasteiger partial charge on any atom is -0.304 e. The fourth-order valence-corrected chi connectivity index (χ4v) is 5.33. The maximum atomic E-state index is 12.8. The first-order valence-corrected chi connectivity index (χ1v) is 10.8. The number of hydrogen-bond donors (Lipinski definition) is 0. The number of likely N-dealkylation sites (N-methyl/N-ethyl adjacent to an activating group) is 1. The Morgan fingerprint density at radius 1 is 1.07 bits per heavy atom. The molecule has 0 aromatic heterocycles. The minimum atomic E-state index is -3.77. The Balaban J connectivity index is 1.94. The minimum absolute atomic E-state index is 0.0674. The first-order chi connectivity index (χ1) is 12.8. The zero-order valence-corrected chi connectivity index (χ0v) is 16.9. The van der Waals surface area contributed by atoms with Gasteiger partial charge in [-0.1, -0.05) is 35.5 Å². The van der Waals surface area contributed by atoms with Crippen molar-refractivity contribution in [3.63, 3.8) is 0 Å². The molecule has 0 amide bonds. The molecule has 0 N–H and O–H groups in total. The second-order valence-electron chi connectivity index (χ2n) is 6.13. The van der Waals surface area contributed by atoms with Gasteiger partial charge < -0.3 is 4.90 Å². The summed E-state index contributed by atoms with van der Waals surface area (Å²) in [6.45, 7) is 1.98. The van der Waals surface area contributed by atoms with Gasteiger partial charge in [0.05, 0.1) is 19.7 Å². The van der Waals surface area contributed by atoms with Crippen molar-refractivity contribution in [1.29, 1.82) is 0 Å². The van der Waals surface area contributed by atoms with Crippen molar-refractivity contribution < 1.29 is 13.3 Å². The predicted octanol–water partition coefficient (Wildman–Crippen LogP) is 3.34. The molecular formula is C17H18ClN3O4S2. The third kappa shape index (κ3) is 4.44. The van der Waals surface area contributed by atoms with Crippen molar-refractivity contribution >= 4 is 39.1 Å². The summed E-state index contributed by atoms with van der Waals surface area (Å²) in [6, 6.07) is 11.0. The van der Waals surface area contributed by atoms with Gasteiger partial charge in [0.2, 0.25) is 10.0 Å². The number of nitro benzene ring substituents is 1. The summed E-state index contributed by atoms with van der Waals surface area (Å²) >= 11 is 7.26. The number of halogens is 1. The molecule has 2 aromatic rings. The number of nitro groups is 1. The van der Waals surface area contributed by atoms with E-state index in [1.165, 1.54) is 16.4 Å². The molecule has 10 heteroatoms. The molecule has 0 radical (unpaired) electrons. The van der Waals surface area contributed by atoms with Gasteiger partial charge in [-0.3, -0.25) is 10.1 Å². The van der Waals surface area contributed by atoms with Crippen LogP contribution in [0.25, 0.3) is 0 Å². The second-order valence-corrected chi connectivity index (χ2v) is 9.56. The van der Waals surface area contributed by atoms with Crippen molar-refractivity contribution in [1.82, 2.24) is 9.21 Å². The Kier molecular flexibility index (Phi) is 6.07. The molecule has 0 spiro atoms. The monoisotopic (exact) mass is 427 g/mol. The predicted molar refractivity (Wildman–Crippen MR) is 105 cm³/mol. The van der Waals surface area contributed by atoms with Gasteiger partial charge in [0, 0.05) is 37.1 Å². The van der Waals surface area contributed by atoms with Crippen molar-refractivity contribution in [2.45, 2.75) is 14.7 Å². The standard InChI is InChI=1S/C17H18ClN3O4S2/c1-19-8-10-20(11-9-19)27(24,25)13-6-7-17(15(12-13)21(22)23)26-16-5-3-2-4-14(16)18/h2-7,12H,8-11H2,1H3. The van der Waals surface area contributed by atoms with Crippen LogP contribution in [-0.2, 0) is 10.0 Å². The topological polar surface area (TPSA) is 83.8 Å². The summed E-state index contributed by atoms with van der Waals surface area (Å²) < 4.78 is 27.1. The number of rotatable bonds is 5. The fraction of sp³-hybridized carbons (Fsp3) is 0.294. The lowest BCUT2D eigenvalue weighted by Gasteiger charge is -2.31. The van der Waals surface area contributed by atoms with Gasteiger partial charge in [-0.05, 0) is 31.3 Å². The van der Waals surface area contributed by atoms with E-state index >= 15 is 0 Å². The average Bonchev–Trinajstić information content (AvgIpc) is 2.64. The molecular weight excluding hydrogens is 410 g/mol. The van der Waals surface area contributed by atoms with E-state index in [-0.39, 0.29) is 10.6 Å². The third-order valence-electron chi connectivity index (χ3n) is 4.28. The normalized spacial score (nSPS) is 16.4. The van der Waals surface area contributed by atoms with Crippen molar-refractivity contribution in [3.05, 3.63) is 57.6 Å². The van der Waals surface area contributed by atoms with E-state index in [2.05, 4.69) is 0 Å². The van der Waals surface area contributed by atoms with E-state index in [9.17, 15) is 18.5 Å². The quantitative estimate of drug-likeness (QED) is 0.537. The summed E-state index contributed by atoms with van der Waals surface area (Å²) in [6.07, 6.45) is 0. The third-order valence-corrected chi connectivity index (χ3v) is 7.76. The number of benzene rings is 2. The summed E-state index contributed by atoms with van der Waals surface area (Å²) in [5, 5.41) is 12.0. The Morgan fingerprint density at radius 3 is 2.37 bits per heavy atom. The molecule has 1 aliphatic heterocycles. The molecule has 0 atom stereocenters. The van der Waals surface area contributed by atoms with Gasteiger partial charge in [0.25, 0.3) is 5.69 Å². The highest BCUT2D eigenvalue weighted by atomic mass is 35.5. The molecule has 0 bridgehead atoms. The van der Waals surface area contributed by atoms with Gasteiger partial charge in [-0.15, -0.1) is 0 Å². The lowest BCUT2D eigenvalue weighted by Crippen LogP contribution is -2.47. The molecule has 144 valence electrons. The molecule has 1 heterocycles. The van der Waals surface area contributed by atoms with Gasteiger partial charge in [-0.2, -0.15) is 4.31 Å². The van der Waals surface area contributed by atoms with Crippen molar-refractivity contribution in [2.75, 3.05) is 33.2 Å². The fourth-order valence-electron chi connectivity index (χ4n) is 2.71. The SMILES string of the molecule is CN1CCN(S(=O)(=O)c2ccc(Sc3ccccc3Cl)c([N+](=O)[O-])c2)CC1. The average molecular weight is 428 g/mol. The van der Waals surface area contributed by atoms with E-state index in [0.717, 1.165) is 17.8 Å². The van der Waals surface area contributed by atoms with Crippen LogP contribution in [0.4, 0.5) is 5.69 Å². The van der Waals surface area contributed by atoms with Crippen LogP contribution in [-0.4, -0.2) is 55.8 Å².